The topological polar surface area (TPSA) is 46.8 Å². The molecule has 0 unspecified atom stereocenters. The molecule has 10 aromatic carbocycles. The molecule has 0 aliphatic carbocycles. The summed E-state index contributed by atoms with van der Waals surface area (Å²) in [7, 11) is 0. The Labute approximate surface area is 395 Å². The van der Waals surface area contributed by atoms with Crippen LogP contribution in [0, 0.1) is 0 Å². The Morgan fingerprint density at radius 1 is 0.250 bits per heavy atom. The van der Waals surface area contributed by atoms with Crippen molar-refractivity contribution in [3.8, 4) is 73.2 Å². The SMILES string of the molecule is c1ccc(-c2ccc(N(c3ccc(-c4ccc5c(c4)c4ccccc4n5-c4ccccc4)cc3)c3ccc(-c4nc(-c5ccccc5)nc(-c5cccc(-c6ccccc6)c5)n4)cc3)cc2)cc1. The molecule has 0 aliphatic heterocycles. The van der Waals surface area contributed by atoms with Crippen LogP contribution in [0.15, 0.2) is 261 Å². The van der Waals surface area contributed by atoms with Gasteiger partial charge in [-0.2, -0.15) is 0 Å². The fourth-order valence-electron chi connectivity index (χ4n) is 9.27. The summed E-state index contributed by atoms with van der Waals surface area (Å²) in [6, 6.07) is 91.8. The van der Waals surface area contributed by atoms with Crippen molar-refractivity contribution in [3.05, 3.63) is 261 Å². The Balaban J connectivity index is 0.921. The molecule has 2 aromatic heterocycles. The fourth-order valence-corrected chi connectivity index (χ4v) is 9.27. The van der Waals surface area contributed by atoms with Crippen LogP contribution in [0.3, 0.4) is 0 Å². The van der Waals surface area contributed by atoms with Gasteiger partial charge in [-0.1, -0.05) is 176 Å². The first-order chi connectivity index (χ1) is 33.7. The van der Waals surface area contributed by atoms with Crippen LogP contribution < -0.4 is 4.90 Å². The maximum Gasteiger partial charge on any atom is 0.164 e. The van der Waals surface area contributed by atoms with Gasteiger partial charge in [-0.3, -0.25) is 0 Å². The molecule has 0 aliphatic rings. The molecule has 320 valence electrons. The van der Waals surface area contributed by atoms with Gasteiger partial charge in [0.15, 0.2) is 17.5 Å². The number of para-hydroxylation sites is 2. The molecule has 0 spiro atoms. The summed E-state index contributed by atoms with van der Waals surface area (Å²) < 4.78 is 2.36. The van der Waals surface area contributed by atoms with Crippen LogP contribution in [0.4, 0.5) is 17.1 Å². The molecular weight excluding hydrogens is 827 g/mol. The van der Waals surface area contributed by atoms with Crippen molar-refractivity contribution in [1.29, 1.82) is 0 Å². The van der Waals surface area contributed by atoms with Gasteiger partial charge in [0.25, 0.3) is 0 Å². The molecule has 0 atom stereocenters. The highest BCUT2D eigenvalue weighted by atomic mass is 15.1. The molecule has 0 fully saturated rings. The van der Waals surface area contributed by atoms with Gasteiger partial charge in [0.05, 0.1) is 11.0 Å². The third kappa shape index (κ3) is 7.78. The number of aromatic nitrogens is 4. The molecule has 0 N–H and O–H groups in total. The normalized spacial score (nSPS) is 11.2. The van der Waals surface area contributed by atoms with Crippen LogP contribution in [-0.2, 0) is 0 Å². The largest absolute Gasteiger partial charge is 0.311 e. The Morgan fingerprint density at radius 3 is 1.21 bits per heavy atom. The fraction of sp³-hybridized carbons (Fsp3) is 0. The van der Waals surface area contributed by atoms with Gasteiger partial charge < -0.3 is 9.47 Å². The lowest BCUT2D eigenvalue weighted by molar-refractivity contribution is 1.07. The highest BCUT2D eigenvalue weighted by Gasteiger charge is 2.18. The molecule has 0 amide bonds. The number of nitrogens with zero attached hydrogens (tertiary/aromatic N) is 5. The minimum atomic E-state index is 0.609. The van der Waals surface area contributed by atoms with Gasteiger partial charge in [0.1, 0.15) is 0 Å². The van der Waals surface area contributed by atoms with E-state index in [2.05, 4.69) is 234 Å². The molecule has 12 rings (SSSR count). The van der Waals surface area contributed by atoms with E-state index in [0.29, 0.717) is 17.5 Å². The number of anilines is 3. The molecule has 5 nitrogen and oxygen atoms in total. The maximum absolute atomic E-state index is 5.12. The standard InChI is InChI=1S/C63H43N5/c1-5-16-44(17-6-1)46-28-35-54(36-29-46)67(55-37-30-47(31-38-55)51-34-41-60-58(43-51)57-26-13-14-27-59(57)68(60)53-24-11-4-12-25-53)56-39-32-49(33-40-56)62-64-61(48-20-9-3-10-21-48)65-63(66-62)52-23-15-22-50(42-52)45-18-7-2-8-19-45/h1-43H. The van der Waals surface area contributed by atoms with Crippen molar-refractivity contribution in [1.82, 2.24) is 19.5 Å². The highest BCUT2D eigenvalue weighted by Crippen LogP contribution is 2.40. The summed E-state index contributed by atoms with van der Waals surface area (Å²) in [6.07, 6.45) is 0. The van der Waals surface area contributed by atoms with Crippen molar-refractivity contribution in [2.75, 3.05) is 4.90 Å². The number of fused-ring (bicyclic) bond motifs is 3. The minimum Gasteiger partial charge on any atom is -0.311 e. The average molecular weight is 870 g/mol. The minimum absolute atomic E-state index is 0.609. The van der Waals surface area contributed by atoms with Crippen LogP contribution in [0.2, 0.25) is 0 Å². The Bertz CT molecular complexity index is 3680. The summed E-state index contributed by atoms with van der Waals surface area (Å²) in [5.41, 5.74) is 16.3. The van der Waals surface area contributed by atoms with Gasteiger partial charge >= 0.3 is 0 Å². The van der Waals surface area contributed by atoms with E-state index in [1.54, 1.807) is 0 Å². The lowest BCUT2D eigenvalue weighted by atomic mass is 10.0. The van der Waals surface area contributed by atoms with Gasteiger partial charge in [0.2, 0.25) is 0 Å². The second-order valence-electron chi connectivity index (χ2n) is 16.9. The molecule has 5 heteroatoms. The van der Waals surface area contributed by atoms with E-state index < -0.39 is 0 Å². The second kappa shape index (κ2) is 17.7. The van der Waals surface area contributed by atoms with Crippen LogP contribution in [0.5, 0.6) is 0 Å². The zero-order valence-corrected chi connectivity index (χ0v) is 37.1. The zero-order chi connectivity index (χ0) is 45.2. The Morgan fingerprint density at radius 2 is 0.618 bits per heavy atom. The predicted octanol–water partition coefficient (Wildman–Crippen LogP) is 16.4. The van der Waals surface area contributed by atoms with Crippen molar-refractivity contribution < 1.29 is 0 Å². The smallest absolute Gasteiger partial charge is 0.164 e. The molecule has 0 bridgehead atoms. The van der Waals surface area contributed by atoms with E-state index >= 15 is 0 Å². The van der Waals surface area contributed by atoms with E-state index in [0.717, 1.165) is 61.7 Å². The average Bonchev–Trinajstić information content (AvgIpc) is 3.76. The highest BCUT2D eigenvalue weighted by molar-refractivity contribution is 6.10. The monoisotopic (exact) mass is 869 g/mol. The molecule has 0 saturated heterocycles. The van der Waals surface area contributed by atoms with Gasteiger partial charge in [-0.05, 0) is 118 Å². The number of hydrogen-bond acceptors (Lipinski definition) is 4. The van der Waals surface area contributed by atoms with E-state index in [1.165, 1.54) is 32.9 Å². The summed E-state index contributed by atoms with van der Waals surface area (Å²) in [6.45, 7) is 0. The molecule has 2 heterocycles. The van der Waals surface area contributed by atoms with Crippen molar-refractivity contribution in [3.63, 3.8) is 0 Å². The maximum atomic E-state index is 5.12. The molecular formula is C63H43N5. The molecule has 0 saturated carbocycles. The summed E-state index contributed by atoms with van der Waals surface area (Å²) in [5.74, 6) is 1.86. The third-order valence-corrected chi connectivity index (χ3v) is 12.7. The van der Waals surface area contributed by atoms with Gasteiger partial charge in [-0.25, -0.2) is 15.0 Å². The number of hydrogen-bond donors (Lipinski definition) is 0. The first-order valence-corrected chi connectivity index (χ1v) is 22.9. The van der Waals surface area contributed by atoms with E-state index in [-0.39, 0.29) is 0 Å². The first-order valence-electron chi connectivity index (χ1n) is 22.9. The summed E-state index contributed by atoms with van der Waals surface area (Å²) in [5, 5.41) is 2.47. The van der Waals surface area contributed by atoms with Gasteiger partial charge in [0, 0.05) is 50.2 Å². The van der Waals surface area contributed by atoms with Crippen LogP contribution in [-0.4, -0.2) is 19.5 Å². The molecule has 12 aromatic rings. The number of benzene rings is 10. The number of rotatable bonds is 10. The van der Waals surface area contributed by atoms with E-state index in [9.17, 15) is 0 Å². The van der Waals surface area contributed by atoms with Crippen molar-refractivity contribution >= 4 is 38.9 Å². The summed E-state index contributed by atoms with van der Waals surface area (Å²) >= 11 is 0. The quantitative estimate of drug-likeness (QED) is 0.137. The second-order valence-corrected chi connectivity index (χ2v) is 16.9. The molecule has 68 heavy (non-hydrogen) atoms. The van der Waals surface area contributed by atoms with Crippen molar-refractivity contribution in [2.24, 2.45) is 0 Å². The zero-order valence-electron chi connectivity index (χ0n) is 37.1. The van der Waals surface area contributed by atoms with E-state index in [1.807, 2.05) is 36.4 Å². The first kappa shape index (κ1) is 40.3. The predicted molar refractivity (Wildman–Crippen MR) is 281 cm³/mol. The third-order valence-electron chi connectivity index (χ3n) is 12.7. The molecule has 0 radical (unpaired) electrons. The van der Waals surface area contributed by atoms with Crippen molar-refractivity contribution in [2.45, 2.75) is 0 Å². The summed E-state index contributed by atoms with van der Waals surface area (Å²) in [4.78, 5) is 17.5. The Hall–Kier alpha value is -9.19. The van der Waals surface area contributed by atoms with E-state index in [4.69, 9.17) is 15.0 Å². The van der Waals surface area contributed by atoms with Gasteiger partial charge in [-0.15, -0.1) is 0 Å². The Kier molecular flexibility index (Phi) is 10.5. The van der Waals surface area contributed by atoms with Crippen LogP contribution in [0.1, 0.15) is 0 Å². The lowest BCUT2D eigenvalue weighted by Crippen LogP contribution is -2.10. The van der Waals surface area contributed by atoms with Crippen LogP contribution >= 0.6 is 0 Å². The lowest BCUT2D eigenvalue weighted by Gasteiger charge is -2.26. The van der Waals surface area contributed by atoms with Crippen LogP contribution in [0.25, 0.3) is 95.0 Å².